The van der Waals surface area contributed by atoms with Gasteiger partial charge in [-0.2, -0.15) is 13.2 Å². The van der Waals surface area contributed by atoms with Gasteiger partial charge >= 0.3 is 6.18 Å². The maximum absolute atomic E-state index is 12.5. The number of rotatable bonds is 2. The smallest absolute Gasteiger partial charge is 0.337 e. The molecule has 2 nitrogen and oxygen atoms in total. The Kier molecular flexibility index (Phi) is 3.30. The minimum absolute atomic E-state index is 0.478. The number of aryl methyl sites for hydroxylation is 1. The Morgan fingerprint density at radius 3 is 2.33 bits per heavy atom. The van der Waals surface area contributed by atoms with E-state index in [1.807, 2.05) is 6.92 Å². The number of benzene rings is 1. The van der Waals surface area contributed by atoms with Gasteiger partial charge in [0, 0.05) is 17.6 Å². The quantitative estimate of drug-likeness (QED) is 0.816. The van der Waals surface area contributed by atoms with E-state index >= 15 is 0 Å². The normalized spacial score (nSPS) is 11.8. The molecule has 0 saturated carbocycles. The van der Waals surface area contributed by atoms with Crippen LogP contribution < -0.4 is 0 Å². The van der Waals surface area contributed by atoms with Gasteiger partial charge in [0.15, 0.2) is 4.77 Å². The van der Waals surface area contributed by atoms with Crippen molar-refractivity contribution in [2.24, 2.45) is 0 Å². The van der Waals surface area contributed by atoms with Gasteiger partial charge in [-0.05, 0) is 42.9 Å². The molecule has 0 radical (unpaired) electrons. The minimum atomic E-state index is -4.31. The molecule has 0 amide bonds. The van der Waals surface area contributed by atoms with E-state index in [0.29, 0.717) is 10.5 Å². The van der Waals surface area contributed by atoms with Gasteiger partial charge in [-0.3, -0.25) is 4.57 Å². The van der Waals surface area contributed by atoms with Gasteiger partial charge in [-0.15, -0.1) is 0 Å². The summed E-state index contributed by atoms with van der Waals surface area (Å²) in [5.74, 6) is 0. The SMILES string of the molecule is CCc1c[nH]c(=S)n1-c1ccc(C(F)(F)F)cc1. The summed E-state index contributed by atoms with van der Waals surface area (Å²) in [6.07, 6.45) is -1.81. The molecule has 0 saturated heterocycles. The van der Waals surface area contributed by atoms with Crippen molar-refractivity contribution >= 4 is 12.2 Å². The Balaban J connectivity index is 2.47. The average Bonchev–Trinajstić information content (AvgIpc) is 2.69. The molecular weight excluding hydrogens is 261 g/mol. The number of hydrogen-bond acceptors (Lipinski definition) is 1. The minimum Gasteiger partial charge on any atom is -0.337 e. The zero-order valence-corrected chi connectivity index (χ0v) is 10.4. The van der Waals surface area contributed by atoms with Crippen LogP contribution in [0.2, 0.25) is 0 Å². The van der Waals surface area contributed by atoms with Crippen LogP contribution in [0.5, 0.6) is 0 Å². The first kappa shape index (κ1) is 12.9. The summed E-state index contributed by atoms with van der Waals surface area (Å²) in [6.45, 7) is 1.96. The molecule has 1 aromatic heterocycles. The average molecular weight is 272 g/mol. The highest BCUT2D eigenvalue weighted by atomic mass is 32.1. The van der Waals surface area contributed by atoms with Crippen LogP contribution in [0, 0.1) is 4.77 Å². The van der Waals surface area contributed by atoms with Gasteiger partial charge in [0.25, 0.3) is 0 Å². The molecule has 0 spiro atoms. The lowest BCUT2D eigenvalue weighted by Crippen LogP contribution is -2.05. The van der Waals surface area contributed by atoms with Crippen molar-refractivity contribution in [2.75, 3.05) is 0 Å². The molecule has 2 rings (SSSR count). The first-order chi connectivity index (χ1) is 8.43. The van der Waals surface area contributed by atoms with Crippen LogP contribution in [0.3, 0.4) is 0 Å². The van der Waals surface area contributed by atoms with Crippen molar-refractivity contribution in [1.82, 2.24) is 9.55 Å². The van der Waals surface area contributed by atoms with Gasteiger partial charge in [0.2, 0.25) is 0 Å². The number of aromatic nitrogens is 2. The molecule has 0 aliphatic rings. The van der Waals surface area contributed by atoms with Crippen LogP contribution in [-0.2, 0) is 12.6 Å². The van der Waals surface area contributed by atoms with Crippen LogP contribution >= 0.6 is 12.2 Å². The van der Waals surface area contributed by atoms with E-state index < -0.39 is 11.7 Å². The van der Waals surface area contributed by atoms with Gasteiger partial charge in [0.1, 0.15) is 0 Å². The van der Waals surface area contributed by atoms with Gasteiger partial charge < -0.3 is 4.98 Å². The third kappa shape index (κ3) is 2.33. The fraction of sp³-hybridized carbons (Fsp3) is 0.250. The van der Waals surface area contributed by atoms with E-state index in [0.717, 1.165) is 24.2 Å². The van der Waals surface area contributed by atoms with Gasteiger partial charge in [-0.25, -0.2) is 0 Å². The monoisotopic (exact) mass is 272 g/mol. The topological polar surface area (TPSA) is 20.7 Å². The summed E-state index contributed by atoms with van der Waals surface area (Å²) >= 11 is 5.11. The Morgan fingerprint density at radius 1 is 1.22 bits per heavy atom. The van der Waals surface area contributed by atoms with Crippen LogP contribution in [0.25, 0.3) is 5.69 Å². The van der Waals surface area contributed by atoms with E-state index in [9.17, 15) is 13.2 Å². The third-order valence-corrected chi connectivity index (χ3v) is 2.97. The molecule has 2 aromatic rings. The number of hydrogen-bond donors (Lipinski definition) is 1. The molecule has 18 heavy (non-hydrogen) atoms. The number of halogens is 3. The second-order valence-corrected chi connectivity index (χ2v) is 4.21. The van der Waals surface area contributed by atoms with Crippen molar-refractivity contribution in [1.29, 1.82) is 0 Å². The molecule has 96 valence electrons. The predicted molar refractivity (Wildman–Crippen MR) is 65.3 cm³/mol. The van der Waals surface area contributed by atoms with Crippen LogP contribution in [0.4, 0.5) is 13.2 Å². The third-order valence-electron chi connectivity index (χ3n) is 2.67. The molecule has 1 heterocycles. The lowest BCUT2D eigenvalue weighted by atomic mass is 10.2. The van der Waals surface area contributed by atoms with Crippen molar-refractivity contribution in [3.63, 3.8) is 0 Å². The Bertz CT molecular complexity index is 593. The summed E-state index contributed by atoms with van der Waals surface area (Å²) in [4.78, 5) is 2.89. The van der Waals surface area contributed by atoms with E-state index in [-0.39, 0.29) is 0 Å². The second kappa shape index (κ2) is 4.61. The Morgan fingerprint density at radius 2 is 1.83 bits per heavy atom. The zero-order valence-electron chi connectivity index (χ0n) is 9.58. The largest absolute Gasteiger partial charge is 0.416 e. The predicted octanol–water partition coefficient (Wildman–Crippen LogP) is 4.12. The number of aromatic amines is 1. The number of alkyl halides is 3. The zero-order chi connectivity index (χ0) is 13.3. The molecule has 0 aliphatic carbocycles. The lowest BCUT2D eigenvalue weighted by molar-refractivity contribution is -0.137. The fourth-order valence-electron chi connectivity index (χ4n) is 1.75. The Labute approximate surface area is 107 Å². The Hall–Kier alpha value is -1.56. The lowest BCUT2D eigenvalue weighted by Gasteiger charge is -2.10. The maximum Gasteiger partial charge on any atom is 0.416 e. The number of H-pyrrole nitrogens is 1. The first-order valence-corrected chi connectivity index (χ1v) is 5.81. The molecule has 1 aromatic carbocycles. The molecule has 0 unspecified atom stereocenters. The second-order valence-electron chi connectivity index (χ2n) is 3.82. The van der Waals surface area contributed by atoms with Crippen molar-refractivity contribution < 1.29 is 13.2 Å². The standard InChI is InChI=1S/C12H11F3N2S/c1-2-9-7-16-11(18)17(9)10-5-3-8(4-6-10)12(13,14)15/h3-7H,2H2,1H3,(H,16,18). The van der Waals surface area contributed by atoms with E-state index in [1.165, 1.54) is 12.1 Å². The summed E-state index contributed by atoms with van der Waals surface area (Å²) in [6, 6.07) is 4.96. The van der Waals surface area contributed by atoms with Crippen molar-refractivity contribution in [3.05, 3.63) is 46.5 Å². The molecule has 0 aliphatic heterocycles. The van der Waals surface area contributed by atoms with Crippen LogP contribution in [0.15, 0.2) is 30.5 Å². The van der Waals surface area contributed by atoms with E-state index in [1.54, 1.807) is 10.8 Å². The van der Waals surface area contributed by atoms with Crippen molar-refractivity contribution in [3.8, 4) is 5.69 Å². The van der Waals surface area contributed by atoms with Crippen molar-refractivity contribution in [2.45, 2.75) is 19.5 Å². The molecule has 6 heteroatoms. The maximum atomic E-state index is 12.5. The summed E-state index contributed by atoms with van der Waals surface area (Å²) in [5, 5.41) is 0. The fourth-order valence-corrected chi connectivity index (χ4v) is 2.03. The van der Waals surface area contributed by atoms with E-state index in [2.05, 4.69) is 4.98 Å². The number of nitrogens with one attached hydrogen (secondary N) is 1. The van der Waals surface area contributed by atoms with Crippen LogP contribution in [0.1, 0.15) is 18.2 Å². The summed E-state index contributed by atoms with van der Waals surface area (Å²) < 4.78 is 39.6. The van der Waals surface area contributed by atoms with Gasteiger partial charge in [-0.1, -0.05) is 6.92 Å². The van der Waals surface area contributed by atoms with Gasteiger partial charge in [0.05, 0.1) is 5.56 Å². The van der Waals surface area contributed by atoms with E-state index in [4.69, 9.17) is 12.2 Å². The molecule has 0 bridgehead atoms. The summed E-state index contributed by atoms with van der Waals surface area (Å²) in [5.41, 5.74) is 0.900. The highest BCUT2D eigenvalue weighted by Gasteiger charge is 2.30. The number of nitrogens with zero attached hydrogens (tertiary/aromatic N) is 1. The highest BCUT2D eigenvalue weighted by molar-refractivity contribution is 7.71. The first-order valence-electron chi connectivity index (χ1n) is 5.40. The summed E-state index contributed by atoms with van der Waals surface area (Å²) in [7, 11) is 0. The highest BCUT2D eigenvalue weighted by Crippen LogP contribution is 2.29. The molecular formula is C12H11F3N2S. The molecule has 0 fully saturated rings. The van der Waals surface area contributed by atoms with Crippen LogP contribution in [-0.4, -0.2) is 9.55 Å². The molecule has 1 N–H and O–H groups in total. The number of imidazole rings is 1. The molecule has 0 atom stereocenters.